The van der Waals surface area contributed by atoms with Crippen LogP contribution in [0.25, 0.3) is 0 Å². The van der Waals surface area contributed by atoms with Gasteiger partial charge in [0.25, 0.3) is 5.91 Å². The van der Waals surface area contributed by atoms with Crippen LogP contribution in [0, 0.1) is 0 Å². The normalized spacial score (nSPS) is 20.7. The van der Waals surface area contributed by atoms with Gasteiger partial charge in [0.1, 0.15) is 0 Å². The Bertz CT molecular complexity index is 766. The molecule has 1 fully saturated rings. The van der Waals surface area contributed by atoms with Crippen molar-refractivity contribution in [3.8, 4) is 0 Å². The van der Waals surface area contributed by atoms with Gasteiger partial charge in [-0.25, -0.2) is 0 Å². The minimum atomic E-state index is 0.0959. The first kappa shape index (κ1) is 15.9. The number of carbonyl (C=O) groups excluding carboxylic acids is 1. The first-order valence-electron chi connectivity index (χ1n) is 8.94. The van der Waals surface area contributed by atoms with Crippen molar-refractivity contribution in [1.82, 2.24) is 15.1 Å². The molecule has 1 aromatic heterocycles. The Balaban J connectivity index is 1.53. The van der Waals surface area contributed by atoms with E-state index in [1.165, 1.54) is 0 Å². The first-order valence-corrected chi connectivity index (χ1v) is 8.94. The molecule has 1 atom stereocenters. The highest BCUT2D eigenvalue weighted by Gasteiger charge is 2.29. The van der Waals surface area contributed by atoms with E-state index in [2.05, 4.69) is 15.3 Å². The van der Waals surface area contributed by atoms with Gasteiger partial charge in [-0.1, -0.05) is 0 Å². The van der Waals surface area contributed by atoms with E-state index < -0.39 is 0 Å². The molecule has 130 valence electrons. The average molecular weight is 337 g/mol. The summed E-state index contributed by atoms with van der Waals surface area (Å²) in [7, 11) is 0. The van der Waals surface area contributed by atoms with Crippen molar-refractivity contribution in [2.24, 2.45) is 5.10 Å². The Morgan fingerprint density at radius 2 is 2.04 bits per heavy atom. The summed E-state index contributed by atoms with van der Waals surface area (Å²) in [6.45, 7) is 3.75. The molecule has 25 heavy (non-hydrogen) atoms. The lowest BCUT2D eigenvalue weighted by Crippen LogP contribution is -2.38. The molecule has 2 aliphatic rings. The molecule has 0 saturated carbocycles. The largest absolute Gasteiger partial charge is 0.331 e. The highest BCUT2D eigenvalue weighted by Crippen LogP contribution is 2.32. The van der Waals surface area contributed by atoms with Crippen molar-refractivity contribution in [3.63, 3.8) is 0 Å². The van der Waals surface area contributed by atoms with Gasteiger partial charge < -0.3 is 4.90 Å². The number of likely N-dealkylation sites (tertiary alicyclic amines) is 1. The van der Waals surface area contributed by atoms with E-state index in [-0.39, 0.29) is 11.9 Å². The van der Waals surface area contributed by atoms with E-state index in [1.54, 1.807) is 0 Å². The number of hydrazone groups is 1. The summed E-state index contributed by atoms with van der Waals surface area (Å²) >= 11 is 0. The SMILES string of the molecule is CC1=NN(c2ccc(C(=O)N3CCCC[C@H]3c3cn[nH]c3)cc2)CC1. The third kappa shape index (κ3) is 3.16. The van der Waals surface area contributed by atoms with Gasteiger partial charge in [0.15, 0.2) is 0 Å². The van der Waals surface area contributed by atoms with E-state index in [0.717, 1.165) is 61.3 Å². The van der Waals surface area contributed by atoms with Gasteiger partial charge in [0.2, 0.25) is 0 Å². The highest BCUT2D eigenvalue weighted by atomic mass is 16.2. The number of H-pyrrole nitrogens is 1. The number of piperidine rings is 1. The molecule has 4 rings (SSSR count). The lowest BCUT2D eigenvalue weighted by Gasteiger charge is -2.35. The lowest BCUT2D eigenvalue weighted by molar-refractivity contribution is 0.0611. The van der Waals surface area contributed by atoms with Gasteiger partial charge in [-0.3, -0.25) is 14.9 Å². The van der Waals surface area contributed by atoms with Crippen molar-refractivity contribution in [1.29, 1.82) is 0 Å². The fourth-order valence-electron chi connectivity index (χ4n) is 3.67. The number of aromatic nitrogens is 2. The summed E-state index contributed by atoms with van der Waals surface area (Å²) in [5.74, 6) is 0.0959. The van der Waals surface area contributed by atoms with Gasteiger partial charge in [0.05, 0.1) is 17.9 Å². The standard InChI is InChI=1S/C19H23N5O/c1-14-9-11-24(22-14)17-7-5-15(6-8-17)19(25)23-10-3-2-4-18(23)16-12-20-21-13-16/h5-8,12-13,18H,2-4,9-11H2,1H3,(H,20,21)/t18-/m0/s1. The molecule has 0 aliphatic carbocycles. The van der Waals surface area contributed by atoms with Crippen LogP contribution in [-0.2, 0) is 0 Å². The van der Waals surface area contributed by atoms with E-state index in [9.17, 15) is 4.79 Å². The van der Waals surface area contributed by atoms with E-state index in [1.807, 2.05) is 53.5 Å². The van der Waals surface area contributed by atoms with Crippen LogP contribution in [0.15, 0.2) is 41.8 Å². The number of benzene rings is 1. The van der Waals surface area contributed by atoms with Gasteiger partial charge >= 0.3 is 0 Å². The Morgan fingerprint density at radius 3 is 2.72 bits per heavy atom. The Labute approximate surface area is 147 Å². The maximum absolute atomic E-state index is 13.0. The number of amides is 1. The number of rotatable bonds is 3. The van der Waals surface area contributed by atoms with Crippen LogP contribution >= 0.6 is 0 Å². The molecular weight excluding hydrogens is 314 g/mol. The lowest BCUT2D eigenvalue weighted by atomic mass is 9.96. The second-order valence-electron chi connectivity index (χ2n) is 6.80. The minimum absolute atomic E-state index is 0.0959. The highest BCUT2D eigenvalue weighted by molar-refractivity contribution is 5.95. The molecule has 0 bridgehead atoms. The van der Waals surface area contributed by atoms with Crippen molar-refractivity contribution in [2.75, 3.05) is 18.1 Å². The summed E-state index contributed by atoms with van der Waals surface area (Å²) in [5.41, 5.74) is 4.01. The first-order chi connectivity index (χ1) is 12.2. The van der Waals surface area contributed by atoms with Crippen LogP contribution in [-0.4, -0.2) is 39.8 Å². The zero-order valence-corrected chi connectivity index (χ0v) is 14.5. The summed E-state index contributed by atoms with van der Waals surface area (Å²) in [6, 6.07) is 7.94. The van der Waals surface area contributed by atoms with E-state index in [0.29, 0.717) is 0 Å². The quantitative estimate of drug-likeness (QED) is 0.934. The van der Waals surface area contributed by atoms with Crippen LogP contribution in [0.5, 0.6) is 0 Å². The summed E-state index contributed by atoms with van der Waals surface area (Å²) in [6.07, 6.45) is 7.91. The maximum Gasteiger partial charge on any atom is 0.254 e. The molecule has 6 heteroatoms. The second-order valence-corrected chi connectivity index (χ2v) is 6.80. The van der Waals surface area contributed by atoms with E-state index >= 15 is 0 Å². The fourth-order valence-corrected chi connectivity index (χ4v) is 3.67. The van der Waals surface area contributed by atoms with Crippen molar-refractivity contribution >= 4 is 17.3 Å². The number of carbonyl (C=O) groups is 1. The molecule has 6 nitrogen and oxygen atoms in total. The molecular formula is C19H23N5O. The zero-order valence-electron chi connectivity index (χ0n) is 14.5. The van der Waals surface area contributed by atoms with Crippen molar-refractivity contribution < 1.29 is 4.79 Å². The number of nitrogens with zero attached hydrogens (tertiary/aromatic N) is 4. The third-order valence-electron chi connectivity index (χ3n) is 5.06. The molecule has 0 spiro atoms. The van der Waals surface area contributed by atoms with Gasteiger partial charge in [0, 0.05) is 42.5 Å². The van der Waals surface area contributed by atoms with Crippen LogP contribution in [0.3, 0.4) is 0 Å². The van der Waals surface area contributed by atoms with Gasteiger partial charge in [-0.2, -0.15) is 10.2 Å². The predicted molar refractivity (Wildman–Crippen MR) is 97.7 cm³/mol. The summed E-state index contributed by atoms with van der Waals surface area (Å²) in [5, 5.41) is 13.4. The molecule has 1 aromatic carbocycles. The monoisotopic (exact) mass is 337 g/mol. The number of nitrogens with one attached hydrogen (secondary N) is 1. The number of hydrogen-bond donors (Lipinski definition) is 1. The van der Waals surface area contributed by atoms with Gasteiger partial charge in [-0.05, 0) is 50.5 Å². The number of hydrogen-bond acceptors (Lipinski definition) is 4. The van der Waals surface area contributed by atoms with Crippen LogP contribution in [0.2, 0.25) is 0 Å². The average Bonchev–Trinajstić information content (AvgIpc) is 3.33. The molecule has 2 aromatic rings. The molecule has 1 amide bonds. The van der Waals surface area contributed by atoms with E-state index in [4.69, 9.17) is 0 Å². The van der Waals surface area contributed by atoms with Gasteiger partial charge in [-0.15, -0.1) is 0 Å². The molecule has 2 aliphatic heterocycles. The fraction of sp³-hybridized carbons (Fsp3) is 0.421. The second kappa shape index (κ2) is 6.70. The number of anilines is 1. The number of aromatic amines is 1. The van der Waals surface area contributed by atoms with Crippen molar-refractivity contribution in [2.45, 2.75) is 38.6 Å². The van der Waals surface area contributed by atoms with Crippen LogP contribution in [0.1, 0.15) is 54.6 Å². The predicted octanol–water partition coefficient (Wildman–Crippen LogP) is 3.36. The summed E-state index contributed by atoms with van der Waals surface area (Å²) in [4.78, 5) is 15.0. The molecule has 1 N–H and O–H groups in total. The molecule has 0 radical (unpaired) electrons. The summed E-state index contributed by atoms with van der Waals surface area (Å²) < 4.78 is 0. The maximum atomic E-state index is 13.0. The molecule has 3 heterocycles. The third-order valence-corrected chi connectivity index (χ3v) is 5.06. The topological polar surface area (TPSA) is 64.6 Å². The Hall–Kier alpha value is -2.63. The Kier molecular flexibility index (Phi) is 4.26. The Morgan fingerprint density at radius 1 is 1.20 bits per heavy atom. The van der Waals surface area contributed by atoms with Crippen molar-refractivity contribution in [3.05, 3.63) is 47.8 Å². The molecule has 0 unspecified atom stereocenters. The van der Waals surface area contributed by atoms with Crippen LogP contribution in [0.4, 0.5) is 5.69 Å². The zero-order chi connectivity index (χ0) is 17.2. The smallest absolute Gasteiger partial charge is 0.254 e. The minimum Gasteiger partial charge on any atom is -0.331 e. The van der Waals surface area contributed by atoms with Crippen LogP contribution < -0.4 is 5.01 Å². The molecule has 1 saturated heterocycles.